The van der Waals surface area contributed by atoms with Gasteiger partial charge in [0.25, 0.3) is 6.10 Å². The van der Waals surface area contributed by atoms with Gasteiger partial charge in [-0.25, -0.2) is 4.79 Å². The van der Waals surface area contributed by atoms with Crippen molar-refractivity contribution in [2.24, 2.45) is 0 Å². The predicted molar refractivity (Wildman–Crippen MR) is 102 cm³/mol. The molecule has 2 heterocycles. The van der Waals surface area contributed by atoms with Crippen molar-refractivity contribution < 1.29 is 40.6 Å². The van der Waals surface area contributed by atoms with Gasteiger partial charge in [-0.2, -0.15) is 26.3 Å². The lowest BCUT2D eigenvalue weighted by Crippen LogP contribution is -2.56. The minimum Gasteiger partial charge on any atom is -0.426 e. The Morgan fingerprint density at radius 3 is 1.97 bits per heavy atom. The minimum absolute atomic E-state index is 0.0476. The van der Waals surface area contributed by atoms with Gasteiger partial charge in [0.2, 0.25) is 0 Å². The average molecular weight is 469 g/mol. The molecule has 12 heteroatoms. The maximum atomic E-state index is 12.7. The molecule has 2 fully saturated rings. The molecule has 0 bridgehead atoms. The van der Waals surface area contributed by atoms with E-state index < -0.39 is 24.5 Å². The predicted octanol–water partition coefficient (Wildman–Crippen LogP) is 3.57. The van der Waals surface area contributed by atoms with Gasteiger partial charge < -0.3 is 14.4 Å². The highest BCUT2D eigenvalue weighted by molar-refractivity contribution is 5.68. The van der Waals surface area contributed by atoms with E-state index in [0.29, 0.717) is 26.3 Å². The Balaban J connectivity index is 1.69. The number of alkyl halides is 6. The second-order valence-electron chi connectivity index (χ2n) is 7.75. The highest BCUT2D eigenvalue weighted by atomic mass is 19.4. The zero-order valence-corrected chi connectivity index (χ0v) is 17.5. The average Bonchev–Trinajstić information content (AvgIpc) is 2.73. The van der Waals surface area contributed by atoms with E-state index in [1.807, 2.05) is 31.2 Å². The third-order valence-corrected chi connectivity index (χ3v) is 5.59. The Labute approximate surface area is 181 Å². The molecular formula is C20H25F6N3O3. The van der Waals surface area contributed by atoms with E-state index in [-0.39, 0.29) is 32.3 Å². The summed E-state index contributed by atoms with van der Waals surface area (Å²) in [6.07, 6.45) is -17.4. The minimum atomic E-state index is -5.73. The summed E-state index contributed by atoms with van der Waals surface area (Å²) in [6.45, 7) is 4.91. The van der Waals surface area contributed by atoms with Crippen molar-refractivity contribution in [2.45, 2.75) is 31.5 Å². The van der Waals surface area contributed by atoms with Crippen LogP contribution in [-0.2, 0) is 9.47 Å². The van der Waals surface area contributed by atoms with Crippen LogP contribution in [-0.4, -0.2) is 91.7 Å². The van der Waals surface area contributed by atoms with E-state index in [2.05, 4.69) is 14.5 Å². The van der Waals surface area contributed by atoms with Crippen LogP contribution in [0.2, 0.25) is 0 Å². The Morgan fingerprint density at radius 1 is 0.906 bits per heavy atom. The number of hydrogen-bond donors (Lipinski definition) is 0. The Morgan fingerprint density at radius 2 is 1.44 bits per heavy atom. The molecular weight excluding hydrogens is 444 g/mol. The first-order valence-corrected chi connectivity index (χ1v) is 10.2. The Kier molecular flexibility index (Phi) is 7.56. The largest absolute Gasteiger partial charge is 0.434 e. The molecule has 0 saturated carbocycles. The van der Waals surface area contributed by atoms with Crippen molar-refractivity contribution in [3.05, 3.63) is 35.4 Å². The SMILES string of the molecule is Cc1ccccc1C(N1CCOCC1)N1CCN(C(=O)OC(C(F)(F)F)C(F)(F)F)CC1. The van der Waals surface area contributed by atoms with Crippen LogP contribution in [0.1, 0.15) is 17.3 Å². The summed E-state index contributed by atoms with van der Waals surface area (Å²) < 4.78 is 85.5. The van der Waals surface area contributed by atoms with Gasteiger partial charge in [0.1, 0.15) is 0 Å². The smallest absolute Gasteiger partial charge is 0.426 e. The van der Waals surface area contributed by atoms with Crippen LogP contribution < -0.4 is 0 Å². The van der Waals surface area contributed by atoms with Crippen molar-refractivity contribution in [3.63, 3.8) is 0 Å². The number of carbonyl (C=O) groups is 1. The second-order valence-corrected chi connectivity index (χ2v) is 7.75. The molecule has 0 radical (unpaired) electrons. The number of carbonyl (C=O) groups excluding carboxylic acids is 1. The van der Waals surface area contributed by atoms with Crippen molar-refractivity contribution in [1.82, 2.24) is 14.7 Å². The fourth-order valence-corrected chi connectivity index (χ4v) is 3.97. The summed E-state index contributed by atoms with van der Waals surface area (Å²) in [5.74, 6) is 0. The molecule has 32 heavy (non-hydrogen) atoms. The van der Waals surface area contributed by atoms with E-state index in [9.17, 15) is 31.1 Å². The third kappa shape index (κ3) is 5.84. The first-order chi connectivity index (χ1) is 15.0. The lowest BCUT2D eigenvalue weighted by atomic mass is 10.0. The van der Waals surface area contributed by atoms with Gasteiger partial charge in [0, 0.05) is 39.3 Å². The van der Waals surface area contributed by atoms with Crippen molar-refractivity contribution in [1.29, 1.82) is 0 Å². The Hall–Kier alpha value is -2.05. The summed E-state index contributed by atoms with van der Waals surface area (Å²) >= 11 is 0. The number of rotatable bonds is 4. The molecule has 1 aromatic carbocycles. The molecule has 6 nitrogen and oxygen atoms in total. The summed E-state index contributed by atoms with van der Waals surface area (Å²) in [5.41, 5.74) is 2.11. The summed E-state index contributed by atoms with van der Waals surface area (Å²) in [7, 11) is 0. The summed E-state index contributed by atoms with van der Waals surface area (Å²) in [6, 6.07) is 7.80. The van der Waals surface area contributed by atoms with Gasteiger partial charge in [-0.1, -0.05) is 24.3 Å². The lowest BCUT2D eigenvalue weighted by molar-refractivity contribution is -0.308. The van der Waals surface area contributed by atoms with Gasteiger partial charge in [-0.15, -0.1) is 0 Å². The number of nitrogens with zero attached hydrogens (tertiary/aromatic N) is 3. The van der Waals surface area contributed by atoms with E-state index in [1.54, 1.807) is 0 Å². The number of ether oxygens (including phenoxy) is 2. The van der Waals surface area contributed by atoms with Crippen LogP contribution in [0.15, 0.2) is 24.3 Å². The van der Waals surface area contributed by atoms with Crippen LogP contribution in [0.5, 0.6) is 0 Å². The number of benzene rings is 1. The molecule has 3 rings (SSSR count). The van der Waals surface area contributed by atoms with Crippen molar-refractivity contribution in [2.75, 3.05) is 52.5 Å². The zero-order chi connectivity index (χ0) is 23.5. The van der Waals surface area contributed by atoms with Crippen LogP contribution >= 0.6 is 0 Å². The molecule has 0 N–H and O–H groups in total. The highest BCUT2D eigenvalue weighted by Gasteiger charge is 2.60. The Bertz CT molecular complexity index is 761. The van der Waals surface area contributed by atoms with Gasteiger partial charge in [0.15, 0.2) is 0 Å². The van der Waals surface area contributed by atoms with Crippen LogP contribution in [0.25, 0.3) is 0 Å². The van der Waals surface area contributed by atoms with Crippen molar-refractivity contribution in [3.8, 4) is 0 Å². The molecule has 0 aromatic heterocycles. The van der Waals surface area contributed by atoms with E-state index >= 15 is 0 Å². The molecule has 2 aliphatic heterocycles. The zero-order valence-electron chi connectivity index (χ0n) is 17.5. The number of morpholine rings is 1. The van der Waals surface area contributed by atoms with E-state index in [4.69, 9.17) is 4.74 Å². The standard InChI is InChI=1S/C20H25F6N3O3/c1-14-4-2-3-5-15(14)16(28-10-12-31-13-11-28)27-6-8-29(9-7-27)18(30)32-17(19(21,22)23)20(24,25)26/h2-5,16-17H,6-13H2,1H3. The molecule has 0 aliphatic carbocycles. The molecule has 1 amide bonds. The van der Waals surface area contributed by atoms with Gasteiger partial charge >= 0.3 is 18.4 Å². The molecule has 180 valence electrons. The maximum Gasteiger partial charge on any atom is 0.434 e. The van der Waals surface area contributed by atoms with E-state index in [0.717, 1.165) is 16.0 Å². The quantitative estimate of drug-likeness (QED) is 0.631. The van der Waals surface area contributed by atoms with E-state index in [1.165, 1.54) is 0 Å². The number of amides is 1. The number of aryl methyl sites for hydroxylation is 1. The summed E-state index contributed by atoms with van der Waals surface area (Å²) in [4.78, 5) is 17.2. The fourth-order valence-electron chi connectivity index (χ4n) is 3.97. The van der Waals surface area contributed by atoms with Gasteiger partial charge in [-0.05, 0) is 18.1 Å². The van der Waals surface area contributed by atoms with Gasteiger partial charge in [0.05, 0.1) is 19.4 Å². The fraction of sp³-hybridized carbons (Fsp3) is 0.650. The number of hydrogen-bond acceptors (Lipinski definition) is 5. The maximum absolute atomic E-state index is 12.7. The van der Waals surface area contributed by atoms with Crippen LogP contribution in [0, 0.1) is 6.92 Å². The topological polar surface area (TPSA) is 45.2 Å². The monoisotopic (exact) mass is 469 g/mol. The lowest BCUT2D eigenvalue weighted by Gasteiger charge is -2.45. The van der Waals surface area contributed by atoms with Crippen molar-refractivity contribution >= 4 is 6.09 Å². The molecule has 1 aromatic rings. The van der Waals surface area contributed by atoms with Crippen LogP contribution in [0.3, 0.4) is 0 Å². The summed E-state index contributed by atoms with van der Waals surface area (Å²) in [5, 5.41) is 0. The molecule has 1 atom stereocenters. The molecule has 1 unspecified atom stereocenters. The highest BCUT2D eigenvalue weighted by Crippen LogP contribution is 2.36. The first kappa shape index (κ1) is 24.6. The molecule has 2 aliphatic rings. The second kappa shape index (κ2) is 9.84. The molecule has 0 spiro atoms. The number of piperazine rings is 1. The normalized spacial score (nSPS) is 20.4. The molecule has 2 saturated heterocycles. The third-order valence-electron chi connectivity index (χ3n) is 5.59. The van der Waals surface area contributed by atoms with Crippen LogP contribution in [0.4, 0.5) is 31.1 Å². The first-order valence-electron chi connectivity index (χ1n) is 10.2. The van der Waals surface area contributed by atoms with Gasteiger partial charge in [-0.3, -0.25) is 9.80 Å². The number of halogens is 6.